The van der Waals surface area contributed by atoms with Crippen molar-refractivity contribution < 1.29 is 13.9 Å². The highest BCUT2D eigenvalue weighted by Gasteiger charge is 2.30. The molecular weight excluding hydrogens is 353 g/mol. The van der Waals surface area contributed by atoms with Gasteiger partial charge in [0.15, 0.2) is 0 Å². The van der Waals surface area contributed by atoms with Crippen molar-refractivity contribution >= 4 is 32.8 Å². The first-order valence-corrected chi connectivity index (χ1v) is 7.96. The van der Waals surface area contributed by atoms with Crippen LogP contribution in [0.2, 0.25) is 0 Å². The number of fused-ring (bicyclic) bond motifs is 1. The SMILES string of the molecule is CCOC(=O)c1cc2cc(F)c(Br)c(C)c2n(C2CC2)c1=O. The van der Waals surface area contributed by atoms with Crippen LogP contribution < -0.4 is 5.56 Å². The van der Waals surface area contributed by atoms with Crippen LogP contribution in [0.15, 0.2) is 21.4 Å². The lowest BCUT2D eigenvalue weighted by molar-refractivity contribution is 0.0524. The van der Waals surface area contributed by atoms with Gasteiger partial charge in [0.05, 0.1) is 16.6 Å². The molecule has 6 heteroatoms. The summed E-state index contributed by atoms with van der Waals surface area (Å²) in [4.78, 5) is 24.7. The minimum atomic E-state index is -0.662. The Kier molecular flexibility index (Phi) is 3.80. The summed E-state index contributed by atoms with van der Waals surface area (Å²) in [5.41, 5.74) is 0.931. The van der Waals surface area contributed by atoms with Crippen molar-refractivity contribution in [1.29, 1.82) is 0 Å². The largest absolute Gasteiger partial charge is 0.462 e. The van der Waals surface area contributed by atoms with E-state index in [0.717, 1.165) is 12.8 Å². The van der Waals surface area contributed by atoms with Gasteiger partial charge in [-0.25, -0.2) is 9.18 Å². The molecule has 0 radical (unpaired) electrons. The highest BCUT2D eigenvalue weighted by Crippen LogP contribution is 2.38. The maximum absolute atomic E-state index is 14.0. The predicted octanol–water partition coefficient (Wildman–Crippen LogP) is 3.72. The number of rotatable bonds is 3. The Hall–Kier alpha value is -1.69. The Balaban J connectivity index is 2.38. The van der Waals surface area contributed by atoms with Crippen molar-refractivity contribution in [2.75, 3.05) is 6.61 Å². The number of ether oxygens (including phenoxy) is 1. The fourth-order valence-electron chi connectivity index (χ4n) is 2.68. The third kappa shape index (κ3) is 2.35. The standard InChI is InChI=1S/C16H15BrFNO3/c1-3-22-16(21)11-6-9-7-12(18)13(17)8(2)14(9)19(15(11)20)10-4-5-10/h6-7,10H,3-5H2,1-2H3. The Bertz CT molecular complexity index is 840. The van der Waals surface area contributed by atoms with Gasteiger partial charge >= 0.3 is 5.97 Å². The van der Waals surface area contributed by atoms with Crippen LogP contribution in [0.4, 0.5) is 4.39 Å². The van der Waals surface area contributed by atoms with Crippen LogP contribution in [0.5, 0.6) is 0 Å². The first-order valence-electron chi connectivity index (χ1n) is 7.16. The van der Waals surface area contributed by atoms with Crippen LogP contribution in [0.1, 0.15) is 41.7 Å². The van der Waals surface area contributed by atoms with Crippen LogP contribution in [0, 0.1) is 12.7 Å². The van der Waals surface area contributed by atoms with E-state index < -0.39 is 11.8 Å². The zero-order valence-electron chi connectivity index (χ0n) is 12.3. The molecule has 0 bridgehead atoms. The van der Waals surface area contributed by atoms with Crippen molar-refractivity contribution in [3.05, 3.63) is 43.9 Å². The van der Waals surface area contributed by atoms with Gasteiger partial charge in [-0.1, -0.05) is 0 Å². The summed E-state index contributed by atoms with van der Waals surface area (Å²) in [5, 5.41) is 0.535. The molecule has 1 heterocycles. The van der Waals surface area contributed by atoms with Gasteiger partial charge in [-0.05, 0) is 60.3 Å². The quantitative estimate of drug-likeness (QED) is 0.776. The van der Waals surface area contributed by atoms with Gasteiger partial charge in [-0.15, -0.1) is 0 Å². The Morgan fingerprint density at radius 1 is 1.45 bits per heavy atom. The van der Waals surface area contributed by atoms with E-state index in [-0.39, 0.29) is 23.8 Å². The van der Waals surface area contributed by atoms with Gasteiger partial charge in [-0.2, -0.15) is 0 Å². The monoisotopic (exact) mass is 367 g/mol. The van der Waals surface area contributed by atoms with Crippen LogP contribution in [-0.2, 0) is 4.74 Å². The number of carbonyl (C=O) groups excluding carboxylic acids is 1. The lowest BCUT2D eigenvalue weighted by Gasteiger charge is -2.15. The van der Waals surface area contributed by atoms with E-state index in [1.165, 1.54) is 12.1 Å². The topological polar surface area (TPSA) is 48.3 Å². The summed E-state index contributed by atoms with van der Waals surface area (Å²) in [6, 6.07) is 2.84. The van der Waals surface area contributed by atoms with E-state index >= 15 is 0 Å². The van der Waals surface area contributed by atoms with Gasteiger partial charge in [0.1, 0.15) is 11.4 Å². The van der Waals surface area contributed by atoms with Crippen LogP contribution in [0.3, 0.4) is 0 Å². The van der Waals surface area contributed by atoms with Gasteiger partial charge in [0, 0.05) is 11.4 Å². The molecule has 4 nitrogen and oxygen atoms in total. The number of halogens is 2. The van der Waals surface area contributed by atoms with E-state index in [1.807, 2.05) is 0 Å². The number of nitrogens with zero attached hydrogens (tertiary/aromatic N) is 1. The first-order chi connectivity index (χ1) is 10.5. The molecule has 1 aliphatic carbocycles. The molecule has 0 saturated heterocycles. The fraction of sp³-hybridized carbons (Fsp3) is 0.375. The minimum absolute atomic E-state index is 0.0395. The lowest BCUT2D eigenvalue weighted by atomic mass is 10.1. The van der Waals surface area contributed by atoms with Crippen molar-refractivity contribution in [2.24, 2.45) is 0 Å². The number of hydrogen-bond acceptors (Lipinski definition) is 3. The highest BCUT2D eigenvalue weighted by molar-refractivity contribution is 9.10. The number of carbonyl (C=O) groups is 1. The zero-order valence-corrected chi connectivity index (χ0v) is 13.9. The van der Waals surface area contributed by atoms with Gasteiger partial charge < -0.3 is 9.30 Å². The summed E-state index contributed by atoms with van der Waals surface area (Å²) in [7, 11) is 0. The molecule has 1 aromatic heterocycles. The molecule has 0 unspecified atom stereocenters. The highest BCUT2D eigenvalue weighted by atomic mass is 79.9. The summed E-state index contributed by atoms with van der Waals surface area (Å²) in [5.74, 6) is -1.08. The molecule has 1 aliphatic rings. The summed E-state index contributed by atoms with van der Waals surface area (Å²) >= 11 is 3.22. The van der Waals surface area contributed by atoms with E-state index in [9.17, 15) is 14.0 Å². The molecule has 1 fully saturated rings. The smallest absolute Gasteiger partial charge is 0.343 e. The second-order valence-electron chi connectivity index (χ2n) is 5.42. The molecule has 0 spiro atoms. The molecule has 0 atom stereocenters. The number of aryl methyl sites for hydroxylation is 1. The molecule has 1 saturated carbocycles. The van der Waals surface area contributed by atoms with Crippen molar-refractivity contribution in [3.63, 3.8) is 0 Å². The summed E-state index contributed by atoms with van der Waals surface area (Å²) < 4.78 is 20.9. The van der Waals surface area contributed by atoms with Crippen LogP contribution in [-0.4, -0.2) is 17.1 Å². The minimum Gasteiger partial charge on any atom is -0.462 e. The lowest BCUT2D eigenvalue weighted by Crippen LogP contribution is -2.27. The van der Waals surface area contributed by atoms with Gasteiger partial charge in [0.25, 0.3) is 5.56 Å². The molecule has 0 N–H and O–H groups in total. The third-order valence-corrected chi connectivity index (χ3v) is 4.82. The average molecular weight is 368 g/mol. The number of hydrogen-bond donors (Lipinski definition) is 0. The van der Waals surface area contributed by atoms with E-state index in [4.69, 9.17) is 4.74 Å². The average Bonchev–Trinajstić information content (AvgIpc) is 3.30. The molecule has 1 aromatic carbocycles. The van der Waals surface area contributed by atoms with Crippen LogP contribution in [0.25, 0.3) is 10.9 Å². The van der Waals surface area contributed by atoms with E-state index in [0.29, 0.717) is 20.9 Å². The number of aromatic nitrogens is 1. The fourth-order valence-corrected chi connectivity index (χ4v) is 2.98. The van der Waals surface area contributed by atoms with Crippen molar-refractivity contribution in [3.8, 4) is 0 Å². The molecular formula is C16H15BrFNO3. The second kappa shape index (κ2) is 5.50. The van der Waals surface area contributed by atoms with E-state index in [2.05, 4.69) is 15.9 Å². The van der Waals surface area contributed by atoms with Crippen molar-refractivity contribution in [2.45, 2.75) is 32.7 Å². The number of esters is 1. The predicted molar refractivity (Wildman–Crippen MR) is 84.8 cm³/mol. The Morgan fingerprint density at radius 3 is 2.73 bits per heavy atom. The van der Waals surface area contributed by atoms with Crippen LogP contribution >= 0.6 is 15.9 Å². The summed E-state index contributed by atoms with van der Waals surface area (Å²) in [6.07, 6.45) is 1.77. The Morgan fingerprint density at radius 2 is 2.14 bits per heavy atom. The van der Waals surface area contributed by atoms with Crippen molar-refractivity contribution in [1.82, 2.24) is 4.57 Å². The molecule has 22 heavy (non-hydrogen) atoms. The number of benzene rings is 1. The maximum Gasteiger partial charge on any atom is 0.343 e. The van der Waals surface area contributed by atoms with E-state index in [1.54, 1.807) is 18.4 Å². The Labute approximate surface area is 135 Å². The number of pyridine rings is 1. The molecule has 2 aromatic rings. The second-order valence-corrected chi connectivity index (χ2v) is 6.21. The van der Waals surface area contributed by atoms with Gasteiger partial charge in [0.2, 0.25) is 0 Å². The molecule has 3 rings (SSSR count). The molecule has 0 amide bonds. The normalized spacial score (nSPS) is 14.4. The third-order valence-electron chi connectivity index (χ3n) is 3.85. The van der Waals surface area contributed by atoms with Gasteiger partial charge in [-0.3, -0.25) is 4.79 Å². The molecule has 116 valence electrons. The zero-order chi connectivity index (χ0) is 16.0. The maximum atomic E-state index is 14.0. The molecule has 0 aliphatic heterocycles. The summed E-state index contributed by atoms with van der Waals surface area (Å²) in [6.45, 7) is 3.63. The first kappa shape index (κ1) is 15.2.